The predicted octanol–water partition coefficient (Wildman–Crippen LogP) is 0.0564. The van der Waals surface area contributed by atoms with Gasteiger partial charge in [0.25, 0.3) is 0 Å². The summed E-state index contributed by atoms with van der Waals surface area (Å²) in [6, 6.07) is 0. The fourth-order valence-electron chi connectivity index (χ4n) is 1.63. The van der Waals surface area contributed by atoms with Gasteiger partial charge in [0, 0.05) is 5.38 Å². The molecule has 2 heterocycles. The Kier molecular flexibility index (Phi) is 2.15. The zero-order valence-electron chi connectivity index (χ0n) is 8.65. The van der Waals surface area contributed by atoms with Gasteiger partial charge in [0.2, 0.25) is 5.82 Å². The molecule has 2 aromatic rings. The lowest BCUT2D eigenvalue weighted by Crippen LogP contribution is -2.22. The Morgan fingerprint density at radius 3 is 2.94 bits per heavy atom. The molecule has 0 atom stereocenters. The van der Waals surface area contributed by atoms with Crippen molar-refractivity contribution in [3.63, 3.8) is 0 Å². The summed E-state index contributed by atoms with van der Waals surface area (Å²) >= 11 is 1.20. The zero-order valence-corrected chi connectivity index (χ0v) is 9.46. The number of nitrogens with zero attached hydrogens (tertiary/aromatic N) is 6. The molecule has 0 amide bonds. The van der Waals surface area contributed by atoms with Crippen LogP contribution in [0.4, 0.5) is 0 Å². The molecule has 0 spiro atoms. The van der Waals surface area contributed by atoms with Crippen molar-refractivity contribution < 1.29 is 9.90 Å². The third kappa shape index (κ3) is 1.68. The predicted molar refractivity (Wildman–Crippen MR) is 56.0 cm³/mol. The number of carboxylic acid groups (broad SMARTS) is 1. The smallest absolute Gasteiger partial charge is 0.311 e. The Morgan fingerprint density at radius 1 is 1.53 bits per heavy atom. The van der Waals surface area contributed by atoms with Crippen LogP contribution in [0.15, 0.2) is 5.38 Å². The number of rotatable bonds is 4. The molecule has 0 unspecified atom stereocenters. The Hall–Kier alpha value is -1.90. The van der Waals surface area contributed by atoms with Crippen LogP contribution < -0.4 is 0 Å². The summed E-state index contributed by atoms with van der Waals surface area (Å²) in [5.74, 6) is -0.332. The minimum Gasteiger partial charge on any atom is -0.481 e. The molecule has 0 aromatic carbocycles. The van der Waals surface area contributed by atoms with E-state index in [4.69, 9.17) is 5.11 Å². The molecule has 0 radical (unpaired) electrons. The lowest BCUT2D eigenvalue weighted by Gasteiger charge is -2.09. The molecule has 0 aliphatic heterocycles. The van der Waals surface area contributed by atoms with E-state index in [9.17, 15) is 4.79 Å². The fraction of sp³-hybridized carbons (Fsp3) is 0.500. The van der Waals surface area contributed by atoms with Crippen molar-refractivity contribution in [1.82, 2.24) is 29.8 Å². The molecule has 1 saturated carbocycles. The minimum absolute atomic E-state index is 0.280. The lowest BCUT2D eigenvalue weighted by atomic mass is 10.1. The second-order valence-corrected chi connectivity index (χ2v) is 4.65. The first-order valence-corrected chi connectivity index (χ1v) is 5.82. The van der Waals surface area contributed by atoms with E-state index in [-0.39, 0.29) is 6.54 Å². The van der Waals surface area contributed by atoms with Gasteiger partial charge in [-0.25, -0.2) is 4.68 Å². The molecular weight excluding hydrogens is 244 g/mol. The van der Waals surface area contributed by atoms with Gasteiger partial charge in [-0.1, -0.05) is 4.49 Å². The number of aromatic nitrogens is 6. The van der Waals surface area contributed by atoms with E-state index in [0.29, 0.717) is 24.4 Å². The van der Waals surface area contributed by atoms with E-state index in [1.807, 2.05) is 0 Å². The highest BCUT2D eigenvalue weighted by Gasteiger charge is 2.51. The topological polar surface area (TPSA) is 107 Å². The minimum atomic E-state index is -0.796. The maximum atomic E-state index is 11.1. The van der Waals surface area contributed by atoms with Crippen molar-refractivity contribution in [2.45, 2.75) is 19.4 Å². The largest absolute Gasteiger partial charge is 0.481 e. The van der Waals surface area contributed by atoms with Crippen LogP contribution in [0.1, 0.15) is 12.8 Å². The monoisotopic (exact) mass is 252 g/mol. The van der Waals surface area contributed by atoms with E-state index >= 15 is 0 Å². The number of carbonyl (C=O) groups is 1. The number of aliphatic carboxylic acids is 1. The quantitative estimate of drug-likeness (QED) is 0.819. The van der Waals surface area contributed by atoms with Crippen molar-refractivity contribution in [3.8, 4) is 11.5 Å². The van der Waals surface area contributed by atoms with Gasteiger partial charge in [-0.15, -0.1) is 10.2 Å². The van der Waals surface area contributed by atoms with E-state index in [0.717, 1.165) is 0 Å². The fourth-order valence-corrected chi connectivity index (χ4v) is 2.07. The Morgan fingerprint density at radius 2 is 2.35 bits per heavy atom. The highest BCUT2D eigenvalue weighted by atomic mass is 32.1. The SMILES string of the molecule is O=C(O)C1(Cn2nnnc2-c2csnn2)CC1. The van der Waals surface area contributed by atoms with Gasteiger partial charge >= 0.3 is 5.97 Å². The maximum absolute atomic E-state index is 11.1. The van der Waals surface area contributed by atoms with Gasteiger partial charge in [0.1, 0.15) is 5.69 Å². The molecule has 1 aliphatic carbocycles. The average molecular weight is 252 g/mol. The number of carboxylic acids is 1. The highest BCUT2D eigenvalue weighted by molar-refractivity contribution is 7.03. The van der Waals surface area contributed by atoms with E-state index < -0.39 is 11.4 Å². The van der Waals surface area contributed by atoms with Crippen LogP contribution in [0.5, 0.6) is 0 Å². The summed E-state index contributed by atoms with van der Waals surface area (Å²) in [6.45, 7) is 0.280. The Balaban J connectivity index is 1.90. The van der Waals surface area contributed by atoms with Crippen LogP contribution in [-0.4, -0.2) is 40.9 Å². The van der Waals surface area contributed by atoms with Crippen LogP contribution >= 0.6 is 11.5 Å². The zero-order chi connectivity index (χ0) is 11.9. The molecule has 0 saturated heterocycles. The van der Waals surface area contributed by atoms with Crippen molar-refractivity contribution >= 4 is 17.5 Å². The second kappa shape index (κ2) is 3.55. The molecule has 1 fully saturated rings. The van der Waals surface area contributed by atoms with Gasteiger partial charge in [0.15, 0.2) is 0 Å². The van der Waals surface area contributed by atoms with Gasteiger partial charge in [-0.05, 0) is 34.8 Å². The first kappa shape index (κ1) is 10.3. The normalized spacial score (nSPS) is 16.9. The molecular formula is C8H8N6O2S. The first-order chi connectivity index (χ1) is 8.21. The van der Waals surface area contributed by atoms with Crippen molar-refractivity contribution in [3.05, 3.63) is 5.38 Å². The van der Waals surface area contributed by atoms with E-state index in [1.54, 1.807) is 5.38 Å². The van der Waals surface area contributed by atoms with Crippen molar-refractivity contribution in [1.29, 1.82) is 0 Å². The molecule has 1 aliphatic rings. The summed E-state index contributed by atoms with van der Waals surface area (Å²) < 4.78 is 5.22. The second-order valence-electron chi connectivity index (χ2n) is 4.04. The van der Waals surface area contributed by atoms with Crippen molar-refractivity contribution in [2.75, 3.05) is 0 Å². The number of tetrazole rings is 1. The van der Waals surface area contributed by atoms with Gasteiger partial charge in [0.05, 0.1) is 12.0 Å². The maximum Gasteiger partial charge on any atom is 0.311 e. The number of hydrogen-bond acceptors (Lipinski definition) is 7. The summed E-state index contributed by atoms with van der Waals surface area (Å²) in [6.07, 6.45) is 1.33. The van der Waals surface area contributed by atoms with Gasteiger partial charge in [-0.2, -0.15) is 0 Å². The van der Waals surface area contributed by atoms with E-state index in [1.165, 1.54) is 16.2 Å². The molecule has 9 heteroatoms. The summed E-state index contributed by atoms with van der Waals surface area (Å²) in [5.41, 5.74) is -0.130. The van der Waals surface area contributed by atoms with Crippen LogP contribution in [-0.2, 0) is 11.3 Å². The lowest BCUT2D eigenvalue weighted by molar-refractivity contribution is -0.144. The molecule has 1 N–H and O–H groups in total. The standard InChI is InChI=1S/C8H8N6O2S/c15-7(16)8(1-2-8)4-14-6(10-11-12-14)5-3-17-13-9-5/h3H,1-2,4H2,(H,15,16). The van der Waals surface area contributed by atoms with Crippen LogP contribution in [0.2, 0.25) is 0 Å². The van der Waals surface area contributed by atoms with Crippen LogP contribution in [0, 0.1) is 5.41 Å². The molecule has 2 aromatic heterocycles. The summed E-state index contributed by atoms with van der Waals surface area (Å²) in [5, 5.41) is 25.9. The van der Waals surface area contributed by atoms with Gasteiger partial charge in [-0.3, -0.25) is 4.79 Å². The van der Waals surface area contributed by atoms with E-state index in [2.05, 4.69) is 25.1 Å². The van der Waals surface area contributed by atoms with Crippen molar-refractivity contribution in [2.24, 2.45) is 5.41 Å². The molecule has 17 heavy (non-hydrogen) atoms. The van der Waals surface area contributed by atoms with Crippen LogP contribution in [0.25, 0.3) is 11.5 Å². The third-order valence-electron chi connectivity index (χ3n) is 2.88. The Bertz CT molecular complexity index is 546. The number of hydrogen-bond donors (Lipinski definition) is 1. The molecule has 0 bridgehead atoms. The van der Waals surface area contributed by atoms with Gasteiger partial charge < -0.3 is 5.11 Å². The Labute approximate surface area is 99.4 Å². The molecule has 88 valence electrons. The first-order valence-electron chi connectivity index (χ1n) is 4.98. The highest BCUT2D eigenvalue weighted by Crippen LogP contribution is 2.47. The summed E-state index contributed by atoms with van der Waals surface area (Å²) in [4.78, 5) is 11.1. The average Bonchev–Trinajstić information content (AvgIpc) is 2.75. The third-order valence-corrected chi connectivity index (χ3v) is 3.39. The molecule has 8 nitrogen and oxygen atoms in total. The summed E-state index contributed by atoms with van der Waals surface area (Å²) in [7, 11) is 0. The van der Waals surface area contributed by atoms with Crippen LogP contribution in [0.3, 0.4) is 0 Å². The molecule has 3 rings (SSSR count).